The molecule has 1 aromatic carbocycles. The zero-order valence-electron chi connectivity index (χ0n) is 9.43. The van der Waals surface area contributed by atoms with Gasteiger partial charge in [0, 0.05) is 24.7 Å². The molecule has 0 radical (unpaired) electrons. The van der Waals surface area contributed by atoms with E-state index in [0.29, 0.717) is 0 Å². The number of nitrogens with zero attached hydrogens (tertiary/aromatic N) is 2. The molecule has 0 aliphatic carbocycles. The van der Waals surface area contributed by atoms with Gasteiger partial charge in [0.2, 0.25) is 0 Å². The van der Waals surface area contributed by atoms with E-state index >= 15 is 0 Å². The molecule has 0 saturated heterocycles. The number of anilines is 1. The quantitative estimate of drug-likeness (QED) is 0.833. The third-order valence-electron chi connectivity index (χ3n) is 3.38. The Morgan fingerprint density at radius 3 is 3.00 bits per heavy atom. The maximum Gasteiger partial charge on any atom is 0.126 e. The van der Waals surface area contributed by atoms with Gasteiger partial charge in [-0.1, -0.05) is 19.1 Å². The van der Waals surface area contributed by atoms with Crippen LogP contribution in [-0.4, -0.2) is 22.4 Å². The van der Waals surface area contributed by atoms with Gasteiger partial charge in [-0.05, 0) is 18.6 Å². The van der Waals surface area contributed by atoms with E-state index in [9.17, 15) is 5.11 Å². The summed E-state index contributed by atoms with van der Waals surface area (Å²) in [7, 11) is 0. The van der Waals surface area contributed by atoms with E-state index in [4.69, 9.17) is 0 Å². The van der Waals surface area contributed by atoms with Crippen LogP contribution in [0.1, 0.15) is 13.3 Å². The van der Waals surface area contributed by atoms with Gasteiger partial charge in [0.25, 0.3) is 0 Å². The molecule has 1 atom stereocenters. The molecule has 0 saturated carbocycles. The number of para-hydroxylation sites is 1. The Labute approximate surface area is 94.9 Å². The Bertz CT molecular complexity index is 518. The average Bonchev–Trinajstić information content (AvgIpc) is 2.74. The number of aromatic nitrogens is 1. The number of rotatable bonds is 2. The largest absolute Gasteiger partial charge is 0.374 e. The molecule has 16 heavy (non-hydrogen) atoms. The minimum absolute atomic E-state index is 0.366. The molecule has 1 N–H and O–H groups in total. The van der Waals surface area contributed by atoms with Crippen LogP contribution in [-0.2, 0) is 6.54 Å². The van der Waals surface area contributed by atoms with Crippen LogP contribution in [0.2, 0.25) is 0 Å². The summed E-state index contributed by atoms with van der Waals surface area (Å²) in [4.78, 5) is 2.10. The van der Waals surface area contributed by atoms with Gasteiger partial charge in [-0.15, -0.1) is 0 Å². The van der Waals surface area contributed by atoms with E-state index in [1.54, 1.807) is 0 Å². The van der Waals surface area contributed by atoms with E-state index in [2.05, 4.69) is 39.9 Å². The lowest BCUT2D eigenvalue weighted by Gasteiger charge is -2.34. The molecule has 3 nitrogen and oxygen atoms in total. The molecule has 0 fully saturated rings. The Hall–Kier alpha value is -1.48. The minimum Gasteiger partial charge on any atom is -0.374 e. The summed E-state index contributed by atoms with van der Waals surface area (Å²) in [5, 5.41) is 11.3. The van der Waals surface area contributed by atoms with E-state index in [-0.39, 0.29) is 6.23 Å². The minimum atomic E-state index is -0.366. The molecule has 84 valence electrons. The topological polar surface area (TPSA) is 28.4 Å². The summed E-state index contributed by atoms with van der Waals surface area (Å²) in [5.74, 6) is 0. The van der Waals surface area contributed by atoms with E-state index < -0.39 is 0 Å². The maximum absolute atomic E-state index is 10.0. The number of benzene rings is 1. The molecule has 2 aromatic rings. The van der Waals surface area contributed by atoms with Crippen molar-refractivity contribution in [3.05, 3.63) is 30.5 Å². The van der Waals surface area contributed by atoms with Gasteiger partial charge in [0.1, 0.15) is 6.23 Å². The predicted molar refractivity (Wildman–Crippen MR) is 65.6 cm³/mol. The monoisotopic (exact) mass is 216 g/mol. The molecule has 1 aliphatic rings. The van der Waals surface area contributed by atoms with Crippen molar-refractivity contribution in [2.75, 3.05) is 11.4 Å². The standard InChI is InChI=1S/C13H16N2O/c1-2-12(16)15-9-8-14-7-6-10-4-3-5-11(15)13(10)14/h3-7,12,16H,2,8-9H2,1H3. The summed E-state index contributed by atoms with van der Waals surface area (Å²) in [6, 6.07) is 8.41. The first-order valence-electron chi connectivity index (χ1n) is 5.84. The van der Waals surface area contributed by atoms with Crippen molar-refractivity contribution < 1.29 is 5.11 Å². The van der Waals surface area contributed by atoms with Crippen LogP contribution < -0.4 is 4.90 Å². The highest BCUT2D eigenvalue weighted by atomic mass is 16.3. The van der Waals surface area contributed by atoms with Crippen LogP contribution in [0.4, 0.5) is 5.69 Å². The number of hydrogen-bond donors (Lipinski definition) is 1. The third kappa shape index (κ3) is 1.25. The Morgan fingerprint density at radius 2 is 2.19 bits per heavy atom. The van der Waals surface area contributed by atoms with Gasteiger partial charge in [-0.2, -0.15) is 0 Å². The molecule has 1 unspecified atom stereocenters. The molecular formula is C13H16N2O. The van der Waals surface area contributed by atoms with Crippen molar-refractivity contribution in [1.82, 2.24) is 4.57 Å². The Balaban J connectivity index is 2.19. The number of aliphatic hydroxyl groups is 1. The van der Waals surface area contributed by atoms with Gasteiger partial charge >= 0.3 is 0 Å². The zero-order valence-corrected chi connectivity index (χ0v) is 9.43. The summed E-state index contributed by atoms with van der Waals surface area (Å²) in [6.07, 6.45) is 2.52. The van der Waals surface area contributed by atoms with E-state index in [1.807, 2.05) is 6.92 Å². The van der Waals surface area contributed by atoms with Crippen LogP contribution in [0.3, 0.4) is 0 Å². The Kier molecular flexibility index (Phi) is 2.14. The second kappa shape index (κ2) is 3.52. The average molecular weight is 216 g/mol. The fourth-order valence-electron chi connectivity index (χ4n) is 2.52. The summed E-state index contributed by atoms with van der Waals surface area (Å²) < 4.78 is 2.27. The normalized spacial score (nSPS) is 16.8. The van der Waals surface area contributed by atoms with Crippen molar-refractivity contribution in [3.8, 4) is 0 Å². The highest BCUT2D eigenvalue weighted by Gasteiger charge is 2.22. The molecular weight excluding hydrogens is 200 g/mol. The lowest BCUT2D eigenvalue weighted by Crippen LogP contribution is -2.39. The maximum atomic E-state index is 10.0. The lowest BCUT2D eigenvalue weighted by molar-refractivity contribution is 0.162. The molecule has 0 spiro atoms. The highest BCUT2D eigenvalue weighted by Crippen LogP contribution is 2.32. The van der Waals surface area contributed by atoms with Crippen molar-refractivity contribution >= 4 is 16.6 Å². The van der Waals surface area contributed by atoms with Crippen LogP contribution in [0.25, 0.3) is 10.9 Å². The van der Waals surface area contributed by atoms with Crippen LogP contribution in [0.5, 0.6) is 0 Å². The van der Waals surface area contributed by atoms with Crippen molar-refractivity contribution in [3.63, 3.8) is 0 Å². The van der Waals surface area contributed by atoms with Gasteiger partial charge in [-0.25, -0.2) is 0 Å². The SMILES string of the molecule is CCC(O)N1CCn2ccc3cccc1c32. The van der Waals surface area contributed by atoms with Crippen molar-refractivity contribution in [2.45, 2.75) is 26.1 Å². The van der Waals surface area contributed by atoms with Gasteiger partial charge < -0.3 is 14.6 Å². The van der Waals surface area contributed by atoms with Gasteiger partial charge in [0.15, 0.2) is 0 Å². The Morgan fingerprint density at radius 1 is 1.31 bits per heavy atom. The van der Waals surface area contributed by atoms with Crippen LogP contribution in [0.15, 0.2) is 30.5 Å². The first-order valence-corrected chi connectivity index (χ1v) is 5.84. The second-order valence-electron chi connectivity index (χ2n) is 4.31. The third-order valence-corrected chi connectivity index (χ3v) is 3.38. The van der Waals surface area contributed by atoms with Crippen LogP contribution >= 0.6 is 0 Å². The smallest absolute Gasteiger partial charge is 0.126 e. The number of aliphatic hydroxyl groups excluding tert-OH is 1. The molecule has 1 aliphatic heterocycles. The summed E-state index contributed by atoms with van der Waals surface area (Å²) >= 11 is 0. The van der Waals surface area contributed by atoms with E-state index in [0.717, 1.165) is 25.2 Å². The first-order chi connectivity index (χ1) is 7.81. The fraction of sp³-hybridized carbons (Fsp3) is 0.385. The fourth-order valence-corrected chi connectivity index (χ4v) is 2.52. The van der Waals surface area contributed by atoms with E-state index in [1.165, 1.54) is 10.9 Å². The van der Waals surface area contributed by atoms with Crippen LogP contribution in [0, 0.1) is 0 Å². The lowest BCUT2D eigenvalue weighted by atomic mass is 10.1. The molecule has 0 bridgehead atoms. The molecule has 3 heteroatoms. The first kappa shape index (κ1) is 9.73. The highest BCUT2D eigenvalue weighted by molar-refractivity contribution is 5.93. The molecule has 2 heterocycles. The van der Waals surface area contributed by atoms with Gasteiger partial charge in [0.05, 0.1) is 11.2 Å². The number of hydrogen-bond acceptors (Lipinski definition) is 2. The second-order valence-corrected chi connectivity index (χ2v) is 4.31. The summed E-state index contributed by atoms with van der Waals surface area (Å²) in [5.41, 5.74) is 2.41. The van der Waals surface area contributed by atoms with Crippen molar-refractivity contribution in [1.29, 1.82) is 0 Å². The molecule has 3 rings (SSSR count). The summed E-state index contributed by atoms with van der Waals surface area (Å²) in [6.45, 7) is 3.85. The van der Waals surface area contributed by atoms with Crippen molar-refractivity contribution in [2.24, 2.45) is 0 Å². The van der Waals surface area contributed by atoms with Gasteiger partial charge in [-0.3, -0.25) is 0 Å². The zero-order chi connectivity index (χ0) is 11.1. The molecule has 0 amide bonds. The molecule has 1 aromatic heterocycles. The predicted octanol–water partition coefficient (Wildman–Crippen LogP) is 2.19.